The van der Waals surface area contributed by atoms with Gasteiger partial charge in [0.25, 0.3) is 0 Å². The van der Waals surface area contributed by atoms with Gasteiger partial charge in [-0.15, -0.1) is 0 Å². The minimum Gasteiger partial charge on any atom is -0.379 e. The van der Waals surface area contributed by atoms with Crippen molar-refractivity contribution in [3.8, 4) is 0 Å². The molecule has 7 heteroatoms. The topological polar surface area (TPSA) is 102 Å². The monoisotopic (exact) mass is 324 g/mol. The van der Waals surface area contributed by atoms with E-state index in [1.54, 1.807) is 12.4 Å². The van der Waals surface area contributed by atoms with Crippen LogP contribution >= 0.6 is 0 Å². The van der Waals surface area contributed by atoms with Gasteiger partial charge in [-0.05, 0) is 24.3 Å². The van der Waals surface area contributed by atoms with Gasteiger partial charge in [-0.1, -0.05) is 11.2 Å². The van der Waals surface area contributed by atoms with E-state index in [-0.39, 0.29) is 0 Å². The summed E-state index contributed by atoms with van der Waals surface area (Å²) in [5.41, 5.74) is 9.21. The number of anilines is 1. The minimum atomic E-state index is 0.384. The Labute approximate surface area is 140 Å². The molecule has 0 aliphatic rings. The summed E-state index contributed by atoms with van der Waals surface area (Å²) in [5, 5.41) is 10.5. The molecule has 0 aliphatic heterocycles. The maximum absolute atomic E-state index is 5.51. The molecule has 124 valence electrons. The number of rotatable bonds is 8. The lowest BCUT2D eigenvalue weighted by molar-refractivity contribution is 0.367. The standard InChI is InChI=1S/C17H20N6O/c18-9-15-8-17(24-23-15)12-19-10-16-7-13(4-6-21-16)22-11-14-3-1-2-5-20-14/h1-8,19H,9-12,18H2,(H,21,22). The van der Waals surface area contributed by atoms with Crippen molar-refractivity contribution in [1.29, 1.82) is 0 Å². The summed E-state index contributed by atoms with van der Waals surface area (Å²) >= 11 is 0. The van der Waals surface area contributed by atoms with Gasteiger partial charge < -0.3 is 20.9 Å². The van der Waals surface area contributed by atoms with Crippen LogP contribution in [0.5, 0.6) is 0 Å². The lowest BCUT2D eigenvalue weighted by Gasteiger charge is -2.08. The largest absolute Gasteiger partial charge is 0.379 e. The molecule has 3 aromatic rings. The molecule has 0 unspecified atom stereocenters. The van der Waals surface area contributed by atoms with Crippen LogP contribution in [-0.4, -0.2) is 15.1 Å². The molecule has 0 saturated carbocycles. The molecule has 0 bridgehead atoms. The number of aromatic nitrogens is 3. The van der Waals surface area contributed by atoms with Gasteiger partial charge in [0.1, 0.15) is 0 Å². The molecule has 24 heavy (non-hydrogen) atoms. The van der Waals surface area contributed by atoms with E-state index in [9.17, 15) is 0 Å². The Morgan fingerprint density at radius 1 is 0.917 bits per heavy atom. The van der Waals surface area contributed by atoms with E-state index in [1.165, 1.54) is 0 Å². The van der Waals surface area contributed by atoms with Crippen LogP contribution in [0.2, 0.25) is 0 Å². The zero-order valence-electron chi connectivity index (χ0n) is 13.3. The Morgan fingerprint density at radius 2 is 1.83 bits per heavy atom. The third kappa shape index (κ3) is 4.61. The van der Waals surface area contributed by atoms with Crippen LogP contribution in [-0.2, 0) is 26.2 Å². The van der Waals surface area contributed by atoms with E-state index < -0.39 is 0 Å². The average molecular weight is 324 g/mol. The van der Waals surface area contributed by atoms with Crippen molar-refractivity contribution in [2.75, 3.05) is 5.32 Å². The molecule has 0 fully saturated rings. The SMILES string of the molecule is NCc1cc(CNCc2cc(NCc3ccccn3)ccn2)on1. The summed E-state index contributed by atoms with van der Waals surface area (Å²) in [7, 11) is 0. The van der Waals surface area contributed by atoms with E-state index in [1.807, 2.05) is 36.4 Å². The molecule has 0 atom stereocenters. The van der Waals surface area contributed by atoms with E-state index >= 15 is 0 Å². The molecule has 3 aromatic heterocycles. The fourth-order valence-corrected chi connectivity index (χ4v) is 2.23. The third-order valence-electron chi connectivity index (χ3n) is 3.44. The van der Waals surface area contributed by atoms with E-state index in [0.29, 0.717) is 26.2 Å². The first-order valence-electron chi connectivity index (χ1n) is 7.77. The zero-order chi connectivity index (χ0) is 16.6. The molecular weight excluding hydrogens is 304 g/mol. The summed E-state index contributed by atoms with van der Waals surface area (Å²) in [4.78, 5) is 8.66. The van der Waals surface area contributed by atoms with Crippen LogP contribution in [0.25, 0.3) is 0 Å². The molecule has 0 saturated heterocycles. The minimum absolute atomic E-state index is 0.384. The van der Waals surface area contributed by atoms with Gasteiger partial charge >= 0.3 is 0 Å². The molecule has 3 rings (SSSR count). The molecule has 7 nitrogen and oxygen atoms in total. The Balaban J connectivity index is 1.49. The summed E-state index contributed by atoms with van der Waals surface area (Å²) in [6.45, 7) is 2.28. The molecule has 3 heterocycles. The molecule has 0 amide bonds. The number of nitrogens with zero attached hydrogens (tertiary/aromatic N) is 3. The van der Waals surface area contributed by atoms with Crippen molar-refractivity contribution in [3.63, 3.8) is 0 Å². The maximum atomic E-state index is 5.51. The van der Waals surface area contributed by atoms with Gasteiger partial charge in [0, 0.05) is 37.2 Å². The van der Waals surface area contributed by atoms with Gasteiger partial charge in [0.2, 0.25) is 0 Å². The van der Waals surface area contributed by atoms with Crippen LogP contribution in [0.1, 0.15) is 22.8 Å². The van der Waals surface area contributed by atoms with Gasteiger partial charge in [-0.3, -0.25) is 9.97 Å². The van der Waals surface area contributed by atoms with Crippen molar-refractivity contribution in [2.45, 2.75) is 26.2 Å². The van der Waals surface area contributed by atoms with E-state index in [2.05, 4.69) is 25.8 Å². The first-order chi connectivity index (χ1) is 11.8. The maximum Gasteiger partial charge on any atom is 0.150 e. The Bertz CT molecular complexity index is 759. The molecule has 0 radical (unpaired) electrons. The number of nitrogens with one attached hydrogen (secondary N) is 2. The van der Waals surface area contributed by atoms with Crippen molar-refractivity contribution in [2.24, 2.45) is 5.73 Å². The fraction of sp³-hybridized carbons (Fsp3) is 0.235. The highest BCUT2D eigenvalue weighted by atomic mass is 16.5. The molecule has 4 N–H and O–H groups in total. The predicted octanol–water partition coefficient (Wildman–Crippen LogP) is 1.83. The second-order valence-electron chi connectivity index (χ2n) is 5.30. The quantitative estimate of drug-likeness (QED) is 0.581. The summed E-state index contributed by atoms with van der Waals surface area (Å²) in [6, 6.07) is 11.7. The van der Waals surface area contributed by atoms with E-state index in [4.69, 9.17) is 10.3 Å². The average Bonchev–Trinajstić information content (AvgIpc) is 3.09. The smallest absolute Gasteiger partial charge is 0.150 e. The Kier molecular flexibility index (Phi) is 5.49. The normalized spacial score (nSPS) is 10.7. The highest BCUT2D eigenvalue weighted by molar-refractivity contribution is 5.43. The van der Waals surface area contributed by atoms with Crippen LogP contribution in [0, 0.1) is 0 Å². The highest BCUT2D eigenvalue weighted by Gasteiger charge is 2.03. The lowest BCUT2D eigenvalue weighted by atomic mass is 10.3. The zero-order valence-corrected chi connectivity index (χ0v) is 13.3. The first kappa shape index (κ1) is 16.1. The summed E-state index contributed by atoms with van der Waals surface area (Å²) < 4.78 is 5.17. The van der Waals surface area contributed by atoms with Crippen molar-refractivity contribution in [3.05, 3.63) is 71.6 Å². The van der Waals surface area contributed by atoms with Crippen molar-refractivity contribution >= 4 is 5.69 Å². The number of hydrogen-bond acceptors (Lipinski definition) is 7. The molecule has 0 aliphatic carbocycles. The van der Waals surface area contributed by atoms with Crippen LogP contribution in [0.15, 0.2) is 53.3 Å². The van der Waals surface area contributed by atoms with Gasteiger partial charge in [0.05, 0.1) is 30.2 Å². The number of hydrogen-bond donors (Lipinski definition) is 3. The van der Waals surface area contributed by atoms with Crippen LogP contribution < -0.4 is 16.4 Å². The number of nitrogens with two attached hydrogens (primary N) is 1. The second kappa shape index (κ2) is 8.19. The molecule has 0 spiro atoms. The van der Waals surface area contributed by atoms with Crippen LogP contribution in [0.3, 0.4) is 0 Å². The Morgan fingerprint density at radius 3 is 2.62 bits per heavy atom. The predicted molar refractivity (Wildman–Crippen MR) is 90.7 cm³/mol. The number of pyridine rings is 2. The highest BCUT2D eigenvalue weighted by Crippen LogP contribution is 2.10. The van der Waals surface area contributed by atoms with Crippen molar-refractivity contribution < 1.29 is 4.52 Å². The first-order valence-corrected chi connectivity index (χ1v) is 7.77. The Hall–Kier alpha value is -2.77. The third-order valence-corrected chi connectivity index (χ3v) is 3.44. The molecular formula is C17H20N6O. The summed E-state index contributed by atoms with van der Waals surface area (Å²) in [5.74, 6) is 0.764. The van der Waals surface area contributed by atoms with Gasteiger partial charge in [0.15, 0.2) is 5.76 Å². The van der Waals surface area contributed by atoms with Gasteiger partial charge in [-0.25, -0.2) is 0 Å². The van der Waals surface area contributed by atoms with E-state index in [0.717, 1.165) is 28.5 Å². The second-order valence-corrected chi connectivity index (χ2v) is 5.30. The molecule has 0 aromatic carbocycles. The van der Waals surface area contributed by atoms with Crippen molar-refractivity contribution in [1.82, 2.24) is 20.4 Å². The lowest BCUT2D eigenvalue weighted by Crippen LogP contribution is -2.13. The summed E-state index contributed by atoms with van der Waals surface area (Å²) in [6.07, 6.45) is 3.58. The fourth-order valence-electron chi connectivity index (χ4n) is 2.23. The van der Waals surface area contributed by atoms with Gasteiger partial charge in [-0.2, -0.15) is 0 Å². The van der Waals surface area contributed by atoms with Crippen LogP contribution in [0.4, 0.5) is 5.69 Å².